The first kappa shape index (κ1) is 29.7. The molecular formula is C33H31Cl2N3O4. The van der Waals surface area contributed by atoms with Gasteiger partial charge in [0.15, 0.2) is 0 Å². The van der Waals surface area contributed by atoms with Crippen LogP contribution in [-0.4, -0.2) is 29.8 Å². The highest BCUT2D eigenvalue weighted by Crippen LogP contribution is 2.44. The number of rotatable bonds is 11. The van der Waals surface area contributed by atoms with Crippen molar-refractivity contribution in [2.24, 2.45) is 0 Å². The van der Waals surface area contributed by atoms with Crippen LogP contribution < -0.4 is 19.5 Å². The molecule has 0 radical (unpaired) electrons. The zero-order chi connectivity index (χ0) is 29.6. The van der Waals surface area contributed by atoms with E-state index in [4.69, 9.17) is 37.4 Å². The number of pyridine rings is 1. The first-order valence-electron chi connectivity index (χ1n) is 13.7. The Labute approximate surface area is 255 Å². The summed E-state index contributed by atoms with van der Waals surface area (Å²) in [7, 11) is 1.64. The Hall–Kier alpha value is -3.80. The average Bonchev–Trinajstić information content (AvgIpc) is 3.43. The molecule has 1 heterocycles. The quantitative estimate of drug-likeness (QED) is 0.189. The normalized spacial score (nSPS) is 14.6. The summed E-state index contributed by atoms with van der Waals surface area (Å²) in [4.78, 5) is 4.12. The van der Waals surface area contributed by atoms with Gasteiger partial charge in [0.1, 0.15) is 36.0 Å². The topological polar surface area (TPSA) is 96.6 Å². The number of aliphatic hydroxyl groups is 1. The molecule has 0 bridgehead atoms. The van der Waals surface area contributed by atoms with Gasteiger partial charge in [0.05, 0.1) is 24.3 Å². The molecule has 0 saturated heterocycles. The molecule has 4 aromatic rings. The van der Waals surface area contributed by atoms with E-state index in [1.54, 1.807) is 19.4 Å². The number of nitriles is 1. The molecule has 3 aromatic carbocycles. The van der Waals surface area contributed by atoms with E-state index < -0.39 is 0 Å². The van der Waals surface area contributed by atoms with E-state index in [0.717, 1.165) is 46.4 Å². The highest BCUT2D eigenvalue weighted by molar-refractivity contribution is 6.33. The van der Waals surface area contributed by atoms with Gasteiger partial charge in [0.2, 0.25) is 0 Å². The molecule has 1 aromatic heterocycles. The Morgan fingerprint density at radius 3 is 2.71 bits per heavy atom. The molecule has 2 atom stereocenters. The number of hydrogen-bond donors (Lipinski definition) is 2. The Balaban J connectivity index is 1.43. The fourth-order valence-corrected chi connectivity index (χ4v) is 5.51. The molecule has 0 spiro atoms. The van der Waals surface area contributed by atoms with E-state index in [2.05, 4.69) is 28.5 Å². The summed E-state index contributed by atoms with van der Waals surface area (Å²) in [6.07, 6.45) is 4.58. The molecule has 7 nitrogen and oxygen atoms in total. The van der Waals surface area contributed by atoms with Crippen molar-refractivity contribution in [1.82, 2.24) is 10.3 Å². The number of halogens is 2. The first-order chi connectivity index (χ1) is 20.4. The second kappa shape index (κ2) is 13.5. The fourth-order valence-electron chi connectivity index (χ4n) is 5.06. The Kier molecular flexibility index (Phi) is 9.51. The molecule has 2 N–H and O–H groups in total. The van der Waals surface area contributed by atoms with E-state index in [9.17, 15) is 10.4 Å². The summed E-state index contributed by atoms with van der Waals surface area (Å²) >= 11 is 13.4. The van der Waals surface area contributed by atoms with E-state index in [1.165, 1.54) is 11.8 Å². The van der Waals surface area contributed by atoms with Crippen LogP contribution in [0.15, 0.2) is 67.0 Å². The SMILES string of the molecule is COc1ccc(Cl)c(-c2cccc3c2CC[C@@H]3Oc2cc(OCc3cncc(C#N)c3)c(CN[C@H](C)CO)cc2Cl)c1. The van der Waals surface area contributed by atoms with Crippen LogP contribution in [0.25, 0.3) is 11.1 Å². The van der Waals surface area contributed by atoms with Crippen molar-refractivity contribution in [3.63, 3.8) is 0 Å². The van der Waals surface area contributed by atoms with Crippen LogP contribution in [0.4, 0.5) is 0 Å². The lowest BCUT2D eigenvalue weighted by atomic mass is 9.96. The monoisotopic (exact) mass is 603 g/mol. The highest BCUT2D eigenvalue weighted by atomic mass is 35.5. The van der Waals surface area contributed by atoms with Crippen molar-refractivity contribution in [2.75, 3.05) is 13.7 Å². The zero-order valence-corrected chi connectivity index (χ0v) is 24.9. The van der Waals surface area contributed by atoms with Crippen LogP contribution in [0.3, 0.4) is 0 Å². The minimum absolute atomic E-state index is 0.00178. The van der Waals surface area contributed by atoms with Crippen LogP contribution in [0.5, 0.6) is 17.2 Å². The Morgan fingerprint density at radius 2 is 1.93 bits per heavy atom. The largest absolute Gasteiger partial charge is 0.497 e. The summed E-state index contributed by atoms with van der Waals surface area (Å²) in [6, 6.07) is 19.2. The van der Waals surface area contributed by atoms with Gasteiger partial charge < -0.3 is 24.6 Å². The van der Waals surface area contributed by atoms with Crippen molar-refractivity contribution in [1.29, 1.82) is 5.26 Å². The molecule has 0 aliphatic heterocycles. The van der Waals surface area contributed by atoms with Crippen LogP contribution in [0.2, 0.25) is 10.0 Å². The van der Waals surface area contributed by atoms with Gasteiger partial charge >= 0.3 is 0 Å². The van der Waals surface area contributed by atoms with E-state index in [1.807, 2.05) is 43.3 Å². The predicted molar refractivity (Wildman–Crippen MR) is 163 cm³/mol. The summed E-state index contributed by atoms with van der Waals surface area (Å²) < 4.78 is 18.2. The summed E-state index contributed by atoms with van der Waals surface area (Å²) in [5.74, 6) is 1.84. The lowest BCUT2D eigenvalue weighted by Crippen LogP contribution is -2.28. The molecule has 216 valence electrons. The van der Waals surface area contributed by atoms with Gasteiger partial charge in [0, 0.05) is 52.8 Å². The van der Waals surface area contributed by atoms with Gasteiger partial charge in [-0.1, -0.05) is 41.4 Å². The van der Waals surface area contributed by atoms with E-state index in [-0.39, 0.29) is 25.4 Å². The zero-order valence-electron chi connectivity index (χ0n) is 23.4. The van der Waals surface area contributed by atoms with E-state index >= 15 is 0 Å². The van der Waals surface area contributed by atoms with Crippen molar-refractivity contribution in [2.45, 2.75) is 45.1 Å². The van der Waals surface area contributed by atoms with Crippen LogP contribution in [-0.2, 0) is 19.6 Å². The molecule has 0 amide bonds. The third-order valence-corrected chi connectivity index (χ3v) is 7.92. The maximum atomic E-state index is 9.47. The predicted octanol–water partition coefficient (Wildman–Crippen LogP) is 7.05. The molecule has 1 aliphatic rings. The molecular weight excluding hydrogens is 573 g/mol. The van der Waals surface area contributed by atoms with Crippen LogP contribution in [0.1, 0.15) is 47.3 Å². The number of aromatic nitrogens is 1. The standard InChI is InChI=1S/C33H31Cl2N3O4/c1-20(18-39)38-17-23-11-30(35)33(13-32(23)41-19-22-10-21(14-36)15-37-16-22)42-31-9-7-26-25(4-3-5-27(26)31)28-12-24(40-2)6-8-29(28)34/h3-6,8,10-13,15-16,20,31,38-39H,7,9,17-19H2,1-2H3/t20-,31+/m1/s1. The average molecular weight is 605 g/mol. The van der Waals surface area contributed by atoms with E-state index in [0.29, 0.717) is 33.7 Å². The van der Waals surface area contributed by atoms with Crippen molar-refractivity contribution in [3.8, 4) is 34.4 Å². The number of aliphatic hydroxyl groups excluding tert-OH is 1. The van der Waals surface area contributed by atoms with Gasteiger partial charge in [-0.15, -0.1) is 0 Å². The number of benzene rings is 3. The Morgan fingerprint density at radius 1 is 1.07 bits per heavy atom. The number of fused-ring (bicyclic) bond motifs is 1. The Bertz CT molecular complexity index is 1620. The number of ether oxygens (including phenoxy) is 3. The minimum Gasteiger partial charge on any atom is -0.497 e. The minimum atomic E-state index is -0.204. The van der Waals surface area contributed by atoms with Gasteiger partial charge in [0.25, 0.3) is 0 Å². The molecule has 9 heteroatoms. The number of nitrogens with one attached hydrogen (secondary N) is 1. The third kappa shape index (κ3) is 6.64. The number of methoxy groups -OCH3 is 1. The van der Waals surface area contributed by atoms with Gasteiger partial charge in [-0.2, -0.15) is 5.26 Å². The molecule has 42 heavy (non-hydrogen) atoms. The van der Waals surface area contributed by atoms with Gasteiger partial charge in [-0.05, 0) is 66.8 Å². The summed E-state index contributed by atoms with van der Waals surface area (Å²) in [5, 5.41) is 23.1. The molecule has 0 unspecified atom stereocenters. The van der Waals surface area contributed by atoms with Gasteiger partial charge in [-0.3, -0.25) is 4.98 Å². The van der Waals surface area contributed by atoms with Crippen molar-refractivity contribution < 1.29 is 19.3 Å². The van der Waals surface area contributed by atoms with Crippen LogP contribution >= 0.6 is 23.2 Å². The lowest BCUT2D eigenvalue weighted by molar-refractivity contribution is 0.205. The second-order valence-corrected chi connectivity index (χ2v) is 11.0. The number of nitrogens with zero attached hydrogens (tertiary/aromatic N) is 2. The van der Waals surface area contributed by atoms with Gasteiger partial charge in [-0.25, -0.2) is 0 Å². The smallest absolute Gasteiger partial charge is 0.142 e. The first-order valence-corrected chi connectivity index (χ1v) is 14.4. The highest BCUT2D eigenvalue weighted by Gasteiger charge is 2.28. The molecule has 0 saturated carbocycles. The molecule has 5 rings (SSSR count). The fraction of sp³-hybridized carbons (Fsp3) is 0.273. The van der Waals surface area contributed by atoms with Crippen LogP contribution in [0, 0.1) is 11.3 Å². The van der Waals surface area contributed by atoms with Crippen molar-refractivity contribution >= 4 is 23.2 Å². The van der Waals surface area contributed by atoms with Crippen molar-refractivity contribution in [3.05, 3.63) is 105 Å². The summed E-state index contributed by atoms with van der Waals surface area (Å²) in [5.41, 5.74) is 6.31. The molecule has 0 fully saturated rings. The maximum Gasteiger partial charge on any atom is 0.142 e. The molecule has 1 aliphatic carbocycles. The maximum absolute atomic E-state index is 9.47. The third-order valence-electron chi connectivity index (χ3n) is 7.30. The lowest BCUT2D eigenvalue weighted by Gasteiger charge is -2.20. The number of hydrogen-bond acceptors (Lipinski definition) is 7. The second-order valence-electron chi connectivity index (χ2n) is 10.2. The summed E-state index contributed by atoms with van der Waals surface area (Å²) in [6.45, 7) is 2.54.